The standard InChI is InChI=1S/C13H16N2O4/c1-19-13(17)11-6-3-7-15(11)8-9-4-2-5-10(14-18)12(9)16/h2,4-5,11,16H,3,6-8H2,1H3. The van der Waals surface area contributed by atoms with Crippen LogP contribution in [0.15, 0.2) is 23.4 Å². The Balaban J connectivity index is 2.16. The van der Waals surface area contributed by atoms with Crippen molar-refractivity contribution in [3.05, 3.63) is 28.7 Å². The number of methoxy groups -OCH3 is 1. The third kappa shape index (κ3) is 2.73. The fourth-order valence-corrected chi connectivity index (χ4v) is 2.42. The summed E-state index contributed by atoms with van der Waals surface area (Å²) in [6, 6.07) is 4.55. The van der Waals surface area contributed by atoms with Gasteiger partial charge in [0.1, 0.15) is 17.5 Å². The Morgan fingerprint density at radius 1 is 1.58 bits per heavy atom. The topological polar surface area (TPSA) is 79.2 Å². The average molecular weight is 264 g/mol. The molecule has 1 unspecified atom stereocenters. The maximum Gasteiger partial charge on any atom is 0.323 e. The van der Waals surface area contributed by atoms with E-state index in [0.717, 1.165) is 19.4 Å². The minimum absolute atomic E-state index is 0.0197. The van der Waals surface area contributed by atoms with Gasteiger partial charge >= 0.3 is 5.97 Å². The lowest BCUT2D eigenvalue weighted by molar-refractivity contribution is -0.146. The van der Waals surface area contributed by atoms with Gasteiger partial charge in [-0.2, -0.15) is 0 Å². The van der Waals surface area contributed by atoms with Crippen LogP contribution in [0.1, 0.15) is 18.4 Å². The van der Waals surface area contributed by atoms with E-state index in [4.69, 9.17) is 4.74 Å². The molecule has 102 valence electrons. The van der Waals surface area contributed by atoms with Crippen LogP contribution in [0.2, 0.25) is 0 Å². The first-order valence-corrected chi connectivity index (χ1v) is 6.13. The molecule has 1 heterocycles. The third-order valence-electron chi connectivity index (χ3n) is 3.41. The number of nitrogens with zero attached hydrogens (tertiary/aromatic N) is 2. The van der Waals surface area contributed by atoms with Crippen molar-refractivity contribution in [2.45, 2.75) is 25.4 Å². The van der Waals surface area contributed by atoms with Crippen molar-refractivity contribution in [3.8, 4) is 5.75 Å². The SMILES string of the molecule is COC(=O)C1CCCN1Cc1cccc(N=O)c1O. The number of carbonyl (C=O) groups is 1. The average Bonchev–Trinajstić information content (AvgIpc) is 2.88. The van der Waals surface area contributed by atoms with Gasteiger partial charge < -0.3 is 9.84 Å². The molecule has 1 atom stereocenters. The highest BCUT2D eigenvalue weighted by Gasteiger charge is 2.31. The molecule has 0 aliphatic carbocycles. The Hall–Kier alpha value is -1.95. The van der Waals surface area contributed by atoms with Gasteiger partial charge in [-0.05, 0) is 30.6 Å². The van der Waals surface area contributed by atoms with Crippen LogP contribution in [0, 0.1) is 4.91 Å². The summed E-state index contributed by atoms with van der Waals surface area (Å²) >= 11 is 0. The van der Waals surface area contributed by atoms with Gasteiger partial charge in [-0.1, -0.05) is 12.1 Å². The number of hydrogen-bond acceptors (Lipinski definition) is 6. The molecule has 0 aromatic heterocycles. The van der Waals surface area contributed by atoms with Gasteiger partial charge in [0.25, 0.3) is 0 Å². The van der Waals surface area contributed by atoms with E-state index in [1.54, 1.807) is 12.1 Å². The first kappa shape index (κ1) is 13.5. The quantitative estimate of drug-likeness (QED) is 0.664. The fourth-order valence-electron chi connectivity index (χ4n) is 2.42. The molecule has 1 aliphatic rings. The number of carbonyl (C=O) groups excluding carboxylic acids is 1. The zero-order valence-electron chi connectivity index (χ0n) is 10.7. The lowest BCUT2D eigenvalue weighted by atomic mass is 10.1. The summed E-state index contributed by atoms with van der Waals surface area (Å²) in [5.74, 6) is -0.380. The van der Waals surface area contributed by atoms with Crippen LogP contribution in [-0.4, -0.2) is 35.7 Å². The van der Waals surface area contributed by atoms with E-state index >= 15 is 0 Å². The number of aromatic hydroxyl groups is 1. The number of ether oxygens (including phenoxy) is 1. The lowest BCUT2D eigenvalue weighted by Gasteiger charge is -2.22. The van der Waals surface area contributed by atoms with Gasteiger partial charge in [0.15, 0.2) is 0 Å². The van der Waals surface area contributed by atoms with Crippen molar-refractivity contribution in [1.29, 1.82) is 0 Å². The highest BCUT2D eigenvalue weighted by atomic mass is 16.5. The summed E-state index contributed by atoms with van der Waals surface area (Å²) in [6.45, 7) is 1.16. The summed E-state index contributed by atoms with van der Waals surface area (Å²) < 4.78 is 4.77. The second kappa shape index (κ2) is 5.79. The molecule has 1 N–H and O–H groups in total. The molecule has 1 fully saturated rings. The summed E-state index contributed by atoms with van der Waals surface area (Å²) in [6.07, 6.45) is 1.66. The Bertz CT molecular complexity index is 490. The van der Waals surface area contributed by atoms with E-state index in [1.165, 1.54) is 13.2 Å². The highest BCUT2D eigenvalue weighted by Crippen LogP contribution is 2.32. The minimum atomic E-state index is -0.280. The second-order valence-corrected chi connectivity index (χ2v) is 4.53. The summed E-state index contributed by atoms with van der Waals surface area (Å²) in [7, 11) is 1.37. The number of esters is 1. The van der Waals surface area contributed by atoms with E-state index in [1.807, 2.05) is 4.90 Å². The Labute approximate surface area is 111 Å². The van der Waals surface area contributed by atoms with Gasteiger partial charge in [0.2, 0.25) is 0 Å². The van der Waals surface area contributed by atoms with E-state index < -0.39 is 0 Å². The van der Waals surface area contributed by atoms with Gasteiger partial charge in [0.05, 0.1) is 7.11 Å². The van der Waals surface area contributed by atoms with Crippen molar-refractivity contribution in [2.75, 3.05) is 13.7 Å². The first-order valence-electron chi connectivity index (χ1n) is 6.13. The molecule has 2 rings (SSSR count). The molecular formula is C13H16N2O4. The largest absolute Gasteiger partial charge is 0.505 e. The van der Waals surface area contributed by atoms with Crippen LogP contribution in [-0.2, 0) is 16.1 Å². The smallest absolute Gasteiger partial charge is 0.323 e. The predicted octanol–water partition coefficient (Wildman–Crippen LogP) is 1.93. The van der Waals surface area contributed by atoms with E-state index in [2.05, 4.69) is 5.18 Å². The summed E-state index contributed by atoms with van der Waals surface area (Å²) in [4.78, 5) is 24.1. The molecule has 0 spiro atoms. The van der Waals surface area contributed by atoms with Crippen molar-refractivity contribution >= 4 is 11.7 Å². The van der Waals surface area contributed by atoms with Gasteiger partial charge in [-0.3, -0.25) is 9.69 Å². The second-order valence-electron chi connectivity index (χ2n) is 4.53. The Morgan fingerprint density at radius 3 is 3.05 bits per heavy atom. The van der Waals surface area contributed by atoms with Crippen LogP contribution in [0.5, 0.6) is 5.75 Å². The number of hydrogen-bond donors (Lipinski definition) is 1. The molecule has 1 aliphatic heterocycles. The number of benzene rings is 1. The van der Waals surface area contributed by atoms with Crippen molar-refractivity contribution in [2.24, 2.45) is 5.18 Å². The molecule has 19 heavy (non-hydrogen) atoms. The molecule has 1 saturated heterocycles. The number of para-hydroxylation sites is 1. The van der Waals surface area contributed by atoms with Crippen LogP contribution in [0.4, 0.5) is 5.69 Å². The maximum absolute atomic E-state index is 11.6. The maximum atomic E-state index is 11.6. The van der Waals surface area contributed by atoms with Crippen molar-refractivity contribution in [3.63, 3.8) is 0 Å². The van der Waals surface area contributed by atoms with Crippen LogP contribution >= 0.6 is 0 Å². The van der Waals surface area contributed by atoms with E-state index in [9.17, 15) is 14.8 Å². The Morgan fingerprint density at radius 2 is 2.37 bits per heavy atom. The zero-order chi connectivity index (χ0) is 13.8. The molecule has 0 radical (unpaired) electrons. The summed E-state index contributed by atoms with van der Waals surface area (Å²) in [5.41, 5.74) is 0.610. The number of phenolic OH excluding ortho intramolecular Hbond substituents is 1. The molecule has 1 aromatic carbocycles. The van der Waals surface area contributed by atoms with Gasteiger partial charge in [-0.15, -0.1) is 4.91 Å². The molecular weight excluding hydrogens is 248 g/mol. The van der Waals surface area contributed by atoms with Gasteiger partial charge in [-0.25, -0.2) is 0 Å². The molecule has 6 heteroatoms. The molecule has 0 amide bonds. The minimum Gasteiger partial charge on any atom is -0.505 e. The molecule has 0 bridgehead atoms. The zero-order valence-corrected chi connectivity index (χ0v) is 10.7. The predicted molar refractivity (Wildman–Crippen MR) is 69.0 cm³/mol. The monoisotopic (exact) mass is 264 g/mol. The van der Waals surface area contributed by atoms with Crippen LogP contribution < -0.4 is 0 Å². The van der Waals surface area contributed by atoms with Crippen LogP contribution in [0.25, 0.3) is 0 Å². The fraction of sp³-hybridized carbons (Fsp3) is 0.462. The highest BCUT2D eigenvalue weighted by molar-refractivity contribution is 5.76. The molecule has 6 nitrogen and oxygen atoms in total. The van der Waals surface area contributed by atoms with Crippen molar-refractivity contribution in [1.82, 2.24) is 4.90 Å². The third-order valence-corrected chi connectivity index (χ3v) is 3.41. The first-order chi connectivity index (χ1) is 9.17. The number of rotatable bonds is 4. The number of likely N-dealkylation sites (tertiary alicyclic amines) is 1. The normalized spacial score (nSPS) is 19.3. The molecule has 1 aromatic rings. The van der Waals surface area contributed by atoms with Crippen LogP contribution in [0.3, 0.4) is 0 Å². The number of phenols is 1. The number of nitroso groups, excluding NO2 is 1. The van der Waals surface area contributed by atoms with Crippen molar-refractivity contribution < 1.29 is 14.6 Å². The summed E-state index contributed by atoms with van der Waals surface area (Å²) in [5, 5.41) is 12.7. The molecule has 0 saturated carbocycles. The van der Waals surface area contributed by atoms with Gasteiger partial charge in [0, 0.05) is 12.1 Å². The van der Waals surface area contributed by atoms with E-state index in [0.29, 0.717) is 12.1 Å². The Kier molecular flexibility index (Phi) is 4.11. The van der Waals surface area contributed by atoms with E-state index in [-0.39, 0.29) is 23.4 Å². The lowest BCUT2D eigenvalue weighted by Crippen LogP contribution is -2.36.